The smallest absolute Gasteiger partial charge is 0.137 e. The highest BCUT2D eigenvalue weighted by atomic mass is 16.5. The Labute approximate surface area is 492 Å². The normalized spacial score (nSPS) is 13.2. The number of para-hydroxylation sites is 5. The molecule has 0 atom stereocenters. The maximum absolute atomic E-state index is 7.02. The zero-order chi connectivity index (χ0) is 56.0. The second-order valence-corrected chi connectivity index (χ2v) is 22.2. The molecule has 0 fully saturated rings. The average Bonchev–Trinajstić information content (AvgIpc) is 1.72. The lowest BCUT2D eigenvalue weighted by atomic mass is 9.68. The van der Waals surface area contributed by atoms with Gasteiger partial charge in [-0.15, -0.1) is 0 Å². The van der Waals surface area contributed by atoms with Gasteiger partial charge in [-0.25, -0.2) is 4.98 Å². The van der Waals surface area contributed by atoms with Gasteiger partial charge in [0, 0.05) is 62.4 Å². The van der Waals surface area contributed by atoms with E-state index in [1.165, 1.54) is 49.6 Å². The highest BCUT2D eigenvalue weighted by Crippen LogP contribution is 2.57. The van der Waals surface area contributed by atoms with E-state index in [9.17, 15) is 0 Å². The topological polar surface area (TPSA) is 38.5 Å². The van der Waals surface area contributed by atoms with Crippen LogP contribution >= 0.6 is 0 Å². The molecule has 6 heteroatoms. The van der Waals surface area contributed by atoms with E-state index in [1.807, 2.05) is 6.20 Å². The second kappa shape index (κ2) is 19.5. The van der Waals surface area contributed by atoms with Gasteiger partial charge >= 0.3 is 0 Å². The Morgan fingerprint density at radius 2 is 0.835 bits per heavy atom. The van der Waals surface area contributed by atoms with Crippen LogP contribution in [0.2, 0.25) is 0 Å². The second-order valence-electron chi connectivity index (χ2n) is 22.2. The molecule has 0 bridgehead atoms. The molecule has 0 amide bonds. The van der Waals surface area contributed by atoms with Gasteiger partial charge < -0.3 is 19.1 Å². The first kappa shape index (κ1) is 48.5. The molecule has 400 valence electrons. The highest BCUT2D eigenvalue weighted by Gasteiger charge is 2.46. The van der Waals surface area contributed by atoms with Crippen LogP contribution in [0.15, 0.2) is 310 Å². The molecule has 0 saturated carbocycles. The number of pyridine rings is 1. The Balaban J connectivity index is 0.768. The molecule has 0 unspecified atom stereocenters. The predicted molar refractivity (Wildman–Crippen MR) is 350 cm³/mol. The minimum absolute atomic E-state index is 0.565. The lowest BCUT2D eigenvalue weighted by Gasteiger charge is -2.34. The van der Waals surface area contributed by atoms with Crippen LogP contribution in [0.4, 0.5) is 22.7 Å². The van der Waals surface area contributed by atoms with Crippen molar-refractivity contribution >= 4 is 66.4 Å². The Hall–Kier alpha value is -11.2. The zero-order valence-electron chi connectivity index (χ0n) is 46.3. The minimum atomic E-state index is -0.565. The molecule has 0 radical (unpaired) electrons. The summed E-state index contributed by atoms with van der Waals surface area (Å²) in [5, 5.41) is 4.74. The Bertz CT molecular complexity index is 4940. The fourth-order valence-electron chi connectivity index (χ4n) is 14.1. The van der Waals surface area contributed by atoms with Gasteiger partial charge in [0.05, 0.1) is 44.5 Å². The first-order valence-electron chi connectivity index (χ1n) is 29.1. The Morgan fingerprint density at radius 3 is 1.46 bits per heavy atom. The van der Waals surface area contributed by atoms with Crippen LogP contribution in [-0.4, -0.2) is 20.8 Å². The van der Waals surface area contributed by atoms with E-state index >= 15 is 0 Å². The van der Waals surface area contributed by atoms with Crippen molar-refractivity contribution in [2.45, 2.75) is 5.41 Å². The molecule has 0 N–H and O–H groups in total. The van der Waals surface area contributed by atoms with Gasteiger partial charge in [-0.2, -0.15) is 0 Å². The lowest BCUT2D eigenvalue weighted by molar-refractivity contribution is 0.483. The molecule has 2 aliphatic rings. The van der Waals surface area contributed by atoms with Crippen LogP contribution in [0.3, 0.4) is 0 Å². The van der Waals surface area contributed by atoms with Gasteiger partial charge in [-0.1, -0.05) is 212 Å². The molecule has 12 aromatic carbocycles. The van der Waals surface area contributed by atoms with Crippen molar-refractivity contribution in [2.75, 3.05) is 16.5 Å². The average molecular weight is 1090 g/mol. The van der Waals surface area contributed by atoms with Crippen LogP contribution in [0.1, 0.15) is 22.3 Å². The Kier molecular flexibility index (Phi) is 11.1. The summed E-state index contributed by atoms with van der Waals surface area (Å²) in [6, 6.07) is 110. The van der Waals surface area contributed by atoms with E-state index in [1.54, 1.807) is 0 Å². The lowest BCUT2D eigenvalue weighted by Crippen LogP contribution is -2.28. The molecular formula is C79H53N5O. The number of rotatable bonds is 10. The van der Waals surface area contributed by atoms with Gasteiger partial charge in [0.1, 0.15) is 24.0 Å². The van der Waals surface area contributed by atoms with Crippen molar-refractivity contribution in [1.29, 1.82) is 0 Å². The molecule has 15 aromatic rings. The fourth-order valence-corrected chi connectivity index (χ4v) is 14.1. The largest absolute Gasteiger partial charge is 0.457 e. The molecule has 0 spiro atoms. The number of anilines is 4. The summed E-state index contributed by atoms with van der Waals surface area (Å²) in [5.74, 6) is 2.31. The molecule has 1 aliphatic carbocycles. The van der Waals surface area contributed by atoms with Crippen LogP contribution in [-0.2, 0) is 5.41 Å². The van der Waals surface area contributed by atoms with Crippen LogP contribution in [0.25, 0.3) is 88.5 Å². The predicted octanol–water partition coefficient (Wildman–Crippen LogP) is 20.0. The van der Waals surface area contributed by atoms with Gasteiger partial charge in [0.2, 0.25) is 0 Å². The van der Waals surface area contributed by atoms with Crippen molar-refractivity contribution in [3.05, 3.63) is 332 Å². The molecule has 3 aromatic heterocycles. The first-order valence-corrected chi connectivity index (χ1v) is 29.1. The van der Waals surface area contributed by atoms with E-state index in [-0.39, 0.29) is 0 Å². The van der Waals surface area contributed by atoms with Gasteiger partial charge in [0.25, 0.3) is 0 Å². The summed E-state index contributed by atoms with van der Waals surface area (Å²) in [5.41, 5.74) is 21.4. The molecular weight excluding hydrogens is 1030 g/mol. The number of benzene rings is 12. The van der Waals surface area contributed by atoms with Gasteiger partial charge in [-0.3, -0.25) is 4.57 Å². The van der Waals surface area contributed by atoms with Crippen molar-refractivity contribution in [3.63, 3.8) is 0 Å². The molecule has 0 saturated heterocycles. The van der Waals surface area contributed by atoms with Gasteiger partial charge in [0.15, 0.2) is 0 Å². The summed E-state index contributed by atoms with van der Waals surface area (Å²) in [4.78, 5) is 10.1. The summed E-state index contributed by atoms with van der Waals surface area (Å²) in [6.45, 7) is 0.568. The van der Waals surface area contributed by atoms with Crippen molar-refractivity contribution in [3.8, 4) is 56.4 Å². The van der Waals surface area contributed by atoms with Crippen LogP contribution in [0, 0.1) is 0 Å². The van der Waals surface area contributed by atoms with Crippen LogP contribution < -0.4 is 14.5 Å². The summed E-state index contributed by atoms with van der Waals surface area (Å²) >= 11 is 0. The van der Waals surface area contributed by atoms with E-state index in [0.717, 1.165) is 95.4 Å². The minimum Gasteiger partial charge on any atom is -0.457 e. The third-order valence-electron chi connectivity index (χ3n) is 17.7. The van der Waals surface area contributed by atoms with E-state index in [0.29, 0.717) is 6.67 Å². The monoisotopic (exact) mass is 1090 g/mol. The molecule has 1 aliphatic heterocycles. The maximum Gasteiger partial charge on any atom is 0.137 e. The van der Waals surface area contributed by atoms with Crippen molar-refractivity contribution in [2.24, 2.45) is 0 Å². The number of aromatic nitrogens is 3. The van der Waals surface area contributed by atoms with Crippen LogP contribution in [0.5, 0.6) is 11.5 Å². The number of nitrogens with zero attached hydrogens (tertiary/aromatic N) is 5. The summed E-state index contributed by atoms with van der Waals surface area (Å²) < 4.78 is 11.8. The standard InChI is InChI=1S/C79H53N5O/c1-4-23-53(24-5-1)67-49-58(83-71-38-17-12-33-63(71)64-34-13-18-39-72(64)83)50-68(54-25-6-2-7-26-54)78(67)82-52-81(74-41-20-21-42-75(74)82)57-29-22-30-59(48-57)85-60-43-44-66-65-35-14-19-40-73(65)84(76(66)51-60)77-47-56(45-46-80-77)79(55-27-8-3-9-28-55)69-36-15-10-31-61(69)62-32-11-16-37-70(62)79/h1-51H,52H2. The first-order chi connectivity index (χ1) is 42.2. The molecule has 6 nitrogen and oxygen atoms in total. The number of hydrogen-bond donors (Lipinski definition) is 0. The van der Waals surface area contributed by atoms with Gasteiger partial charge in [-0.05, 0) is 123 Å². The highest BCUT2D eigenvalue weighted by molar-refractivity contribution is 6.11. The Morgan fingerprint density at radius 1 is 0.329 bits per heavy atom. The number of fused-ring (bicyclic) bond motifs is 10. The van der Waals surface area contributed by atoms with E-state index < -0.39 is 5.41 Å². The quantitative estimate of drug-likeness (QED) is 0.137. The van der Waals surface area contributed by atoms with Crippen molar-refractivity contribution < 1.29 is 4.74 Å². The number of ether oxygens (including phenoxy) is 1. The molecule has 4 heterocycles. The maximum atomic E-state index is 7.02. The van der Waals surface area contributed by atoms with Crippen molar-refractivity contribution in [1.82, 2.24) is 14.1 Å². The molecule has 17 rings (SSSR count). The van der Waals surface area contributed by atoms with E-state index in [2.05, 4.69) is 322 Å². The molecule has 85 heavy (non-hydrogen) atoms. The third kappa shape index (κ3) is 7.55. The van der Waals surface area contributed by atoms with E-state index in [4.69, 9.17) is 9.72 Å². The summed E-state index contributed by atoms with van der Waals surface area (Å²) in [7, 11) is 0. The summed E-state index contributed by atoms with van der Waals surface area (Å²) in [6.07, 6.45) is 1.98. The SMILES string of the molecule is c1ccc(-c2cc(-n3c4ccccc4c4ccccc43)cc(-c3ccccc3)c2N2CN(c3cccc(Oc4ccc5c6ccccc6n(-c6cc(C7(c8ccccc8)c8ccccc8-c8ccccc87)ccn6)c5c4)c3)c3ccccc32)cc1. The third-order valence-corrected chi connectivity index (χ3v) is 17.7. The zero-order valence-corrected chi connectivity index (χ0v) is 46.3. The number of hydrogen-bond acceptors (Lipinski definition) is 4. The fraction of sp³-hybridized carbons (Fsp3) is 0.0253.